The van der Waals surface area contributed by atoms with Gasteiger partial charge in [0.25, 0.3) is 0 Å². The lowest BCUT2D eigenvalue weighted by molar-refractivity contribution is 0.541. The highest BCUT2D eigenvalue weighted by Gasteiger charge is 2.18. The molecule has 1 heterocycles. The highest BCUT2D eigenvalue weighted by atomic mass is 35.5. The Kier molecular flexibility index (Phi) is 2.18. The number of hydrogen-bond donors (Lipinski definition) is 2. The molecule has 3 N–H and O–H groups in total. The summed E-state index contributed by atoms with van der Waals surface area (Å²) in [6, 6.07) is 4.33. The normalized spacial score (nSPS) is 21.2. The molecule has 0 aliphatic carbocycles. The molecule has 0 saturated carbocycles. The summed E-state index contributed by atoms with van der Waals surface area (Å²) in [6.07, 6.45) is 0.976. The van der Waals surface area contributed by atoms with Gasteiger partial charge in [0.2, 0.25) is 0 Å². The maximum absolute atomic E-state index is 6.12. The van der Waals surface area contributed by atoms with Crippen LogP contribution in [-0.4, -0.2) is 6.54 Å². The van der Waals surface area contributed by atoms with Crippen molar-refractivity contribution in [1.29, 1.82) is 0 Å². The van der Waals surface area contributed by atoms with E-state index in [1.807, 2.05) is 6.07 Å². The minimum Gasteiger partial charge on any atom is -0.398 e. The number of rotatable bonds is 0. The van der Waals surface area contributed by atoms with Crippen LogP contribution in [-0.2, 0) is 6.42 Å². The van der Waals surface area contributed by atoms with Gasteiger partial charge < -0.3 is 11.1 Å². The van der Waals surface area contributed by atoms with Gasteiger partial charge in [-0.15, -0.1) is 0 Å². The molecule has 0 radical (unpaired) electrons. The van der Waals surface area contributed by atoms with Gasteiger partial charge in [-0.05, 0) is 37.1 Å². The largest absolute Gasteiger partial charge is 0.398 e. The van der Waals surface area contributed by atoms with E-state index in [2.05, 4.69) is 18.3 Å². The molecule has 2 rings (SSSR count). The van der Waals surface area contributed by atoms with Crippen molar-refractivity contribution in [3.63, 3.8) is 0 Å². The van der Waals surface area contributed by atoms with E-state index in [1.54, 1.807) is 0 Å². The van der Waals surface area contributed by atoms with Crippen LogP contribution in [0.4, 0.5) is 5.69 Å². The number of anilines is 1. The molecule has 13 heavy (non-hydrogen) atoms. The number of fused-ring (bicyclic) bond motifs is 1. The lowest BCUT2D eigenvalue weighted by Crippen LogP contribution is -2.28. The van der Waals surface area contributed by atoms with Crippen molar-refractivity contribution >= 4 is 17.3 Å². The molecule has 0 bridgehead atoms. The molecule has 1 atom stereocenters. The first-order chi connectivity index (χ1) is 6.20. The van der Waals surface area contributed by atoms with Crippen LogP contribution in [0.1, 0.15) is 24.1 Å². The number of halogens is 1. The van der Waals surface area contributed by atoms with Crippen molar-refractivity contribution in [2.24, 2.45) is 0 Å². The average molecular weight is 197 g/mol. The van der Waals surface area contributed by atoms with Crippen molar-refractivity contribution in [1.82, 2.24) is 5.32 Å². The van der Waals surface area contributed by atoms with Gasteiger partial charge in [0.1, 0.15) is 0 Å². The predicted molar refractivity (Wildman–Crippen MR) is 56.0 cm³/mol. The third-order valence-electron chi connectivity index (χ3n) is 2.60. The molecular formula is C10H13ClN2. The predicted octanol–water partition coefficient (Wildman–Crippen LogP) is 2.13. The highest BCUT2D eigenvalue weighted by Crippen LogP contribution is 2.32. The quantitative estimate of drug-likeness (QED) is 0.624. The lowest BCUT2D eigenvalue weighted by Gasteiger charge is -2.25. The Morgan fingerprint density at radius 3 is 3.08 bits per heavy atom. The Morgan fingerprint density at radius 1 is 1.54 bits per heavy atom. The Morgan fingerprint density at radius 2 is 2.31 bits per heavy atom. The summed E-state index contributed by atoms with van der Waals surface area (Å²) in [5.74, 6) is 0. The Hall–Kier alpha value is -0.730. The van der Waals surface area contributed by atoms with Gasteiger partial charge in [0.05, 0.1) is 10.7 Å². The Labute approximate surface area is 83.1 Å². The van der Waals surface area contributed by atoms with E-state index in [-0.39, 0.29) is 0 Å². The molecule has 70 valence electrons. The van der Waals surface area contributed by atoms with Crippen LogP contribution in [0.3, 0.4) is 0 Å². The zero-order valence-electron chi connectivity index (χ0n) is 7.60. The SMILES string of the molecule is CC1NCCc2c1ccc(N)c2Cl. The van der Waals surface area contributed by atoms with Crippen LogP contribution in [0, 0.1) is 0 Å². The van der Waals surface area contributed by atoms with Crippen LogP contribution in [0.25, 0.3) is 0 Å². The molecule has 0 aromatic heterocycles. The van der Waals surface area contributed by atoms with Crippen LogP contribution < -0.4 is 11.1 Å². The van der Waals surface area contributed by atoms with E-state index >= 15 is 0 Å². The molecule has 2 nitrogen and oxygen atoms in total. The summed E-state index contributed by atoms with van der Waals surface area (Å²) in [7, 11) is 0. The summed E-state index contributed by atoms with van der Waals surface area (Å²) in [4.78, 5) is 0. The molecule has 1 aromatic carbocycles. The monoisotopic (exact) mass is 196 g/mol. The van der Waals surface area contributed by atoms with Crippen LogP contribution >= 0.6 is 11.6 Å². The Bertz CT molecular complexity index is 336. The summed E-state index contributed by atoms with van der Waals surface area (Å²) < 4.78 is 0. The fourth-order valence-corrected chi connectivity index (χ4v) is 2.10. The van der Waals surface area contributed by atoms with Gasteiger partial charge in [-0.3, -0.25) is 0 Å². The molecule has 0 saturated heterocycles. The molecule has 1 aromatic rings. The van der Waals surface area contributed by atoms with Crippen molar-refractivity contribution in [3.05, 3.63) is 28.3 Å². The molecular weight excluding hydrogens is 184 g/mol. The molecule has 0 amide bonds. The zero-order chi connectivity index (χ0) is 9.42. The summed E-state index contributed by atoms with van der Waals surface area (Å²) in [5.41, 5.74) is 8.92. The van der Waals surface area contributed by atoms with E-state index in [4.69, 9.17) is 17.3 Å². The van der Waals surface area contributed by atoms with E-state index in [1.165, 1.54) is 11.1 Å². The standard InChI is InChI=1S/C10H13ClN2/c1-6-7-2-3-9(12)10(11)8(7)4-5-13-6/h2-3,6,13H,4-5,12H2,1H3. The zero-order valence-corrected chi connectivity index (χ0v) is 8.36. The fourth-order valence-electron chi connectivity index (χ4n) is 1.84. The maximum Gasteiger partial charge on any atom is 0.0671 e. The summed E-state index contributed by atoms with van der Waals surface area (Å²) in [6.45, 7) is 3.13. The first kappa shape index (κ1) is 8.85. The van der Waals surface area contributed by atoms with E-state index in [0.717, 1.165) is 18.0 Å². The molecule has 0 spiro atoms. The number of nitrogens with one attached hydrogen (secondary N) is 1. The van der Waals surface area contributed by atoms with Crippen molar-refractivity contribution in [2.75, 3.05) is 12.3 Å². The second-order valence-corrected chi connectivity index (χ2v) is 3.84. The first-order valence-corrected chi connectivity index (χ1v) is 4.88. The molecule has 1 unspecified atom stereocenters. The molecule has 1 aliphatic rings. The average Bonchev–Trinajstić information content (AvgIpc) is 2.12. The third kappa shape index (κ3) is 1.40. The van der Waals surface area contributed by atoms with Crippen molar-refractivity contribution in [2.45, 2.75) is 19.4 Å². The smallest absolute Gasteiger partial charge is 0.0671 e. The van der Waals surface area contributed by atoms with E-state index in [0.29, 0.717) is 11.7 Å². The molecule has 3 heteroatoms. The van der Waals surface area contributed by atoms with Crippen LogP contribution in [0.2, 0.25) is 5.02 Å². The number of benzene rings is 1. The number of nitrogens with two attached hydrogens (primary N) is 1. The first-order valence-electron chi connectivity index (χ1n) is 4.50. The lowest BCUT2D eigenvalue weighted by atomic mass is 9.95. The molecule has 1 aliphatic heterocycles. The van der Waals surface area contributed by atoms with Crippen molar-refractivity contribution in [3.8, 4) is 0 Å². The second kappa shape index (κ2) is 3.20. The molecule has 0 fully saturated rings. The van der Waals surface area contributed by atoms with Gasteiger partial charge in [-0.25, -0.2) is 0 Å². The van der Waals surface area contributed by atoms with Gasteiger partial charge in [0, 0.05) is 6.04 Å². The minimum atomic E-state index is 0.391. The van der Waals surface area contributed by atoms with Crippen LogP contribution in [0.15, 0.2) is 12.1 Å². The Balaban J connectivity index is 2.56. The second-order valence-electron chi connectivity index (χ2n) is 3.46. The summed E-state index contributed by atoms with van der Waals surface area (Å²) in [5, 5.41) is 4.13. The number of nitrogen functional groups attached to an aromatic ring is 1. The maximum atomic E-state index is 6.12. The van der Waals surface area contributed by atoms with Crippen molar-refractivity contribution < 1.29 is 0 Å². The van der Waals surface area contributed by atoms with Gasteiger partial charge in [0.15, 0.2) is 0 Å². The number of hydrogen-bond acceptors (Lipinski definition) is 2. The minimum absolute atomic E-state index is 0.391. The summed E-state index contributed by atoms with van der Waals surface area (Å²) >= 11 is 6.12. The van der Waals surface area contributed by atoms with Gasteiger partial charge >= 0.3 is 0 Å². The topological polar surface area (TPSA) is 38.0 Å². The third-order valence-corrected chi connectivity index (χ3v) is 3.05. The van der Waals surface area contributed by atoms with Crippen LogP contribution in [0.5, 0.6) is 0 Å². The van der Waals surface area contributed by atoms with E-state index < -0.39 is 0 Å². The fraction of sp³-hybridized carbons (Fsp3) is 0.400. The van der Waals surface area contributed by atoms with E-state index in [9.17, 15) is 0 Å². The highest BCUT2D eigenvalue weighted by molar-refractivity contribution is 6.34. The van der Waals surface area contributed by atoms with Gasteiger partial charge in [-0.2, -0.15) is 0 Å². The van der Waals surface area contributed by atoms with Gasteiger partial charge in [-0.1, -0.05) is 17.7 Å².